The van der Waals surface area contributed by atoms with Crippen molar-refractivity contribution in [3.05, 3.63) is 65.7 Å². The minimum absolute atomic E-state index is 0.192. The van der Waals surface area contributed by atoms with Crippen LogP contribution in [0.2, 0.25) is 0 Å². The maximum absolute atomic E-state index is 12.9. The van der Waals surface area contributed by atoms with Crippen molar-refractivity contribution in [1.29, 1.82) is 0 Å². The predicted octanol–water partition coefficient (Wildman–Crippen LogP) is 3.32. The van der Waals surface area contributed by atoms with Crippen molar-refractivity contribution in [3.8, 4) is 11.5 Å². The summed E-state index contributed by atoms with van der Waals surface area (Å²) in [7, 11) is -15.3. The second kappa shape index (κ2) is 12.6. The quantitative estimate of drug-likeness (QED) is 0.0697. The molecule has 4 aromatic carbocycles. The van der Waals surface area contributed by atoms with Gasteiger partial charge in [0, 0.05) is 23.6 Å². The number of aromatic hydroxyl groups is 2. The topological polar surface area (TPSA) is 324 Å². The summed E-state index contributed by atoms with van der Waals surface area (Å²) in [6, 6.07) is 8.25. The van der Waals surface area contributed by atoms with Crippen molar-refractivity contribution in [2.45, 2.75) is 21.6 Å². The Balaban J connectivity index is 1.80. The number of carbonyl (C=O) groups is 3. The van der Waals surface area contributed by atoms with Gasteiger partial charge in [0.05, 0.1) is 16.3 Å². The molecule has 19 nitrogen and oxygen atoms in total. The molecule has 22 heteroatoms. The van der Waals surface area contributed by atoms with E-state index in [1.807, 2.05) is 0 Å². The van der Waals surface area contributed by atoms with Crippen LogP contribution in [0.25, 0.3) is 10.8 Å². The van der Waals surface area contributed by atoms with Crippen LogP contribution in [0.1, 0.15) is 27.6 Å². The summed E-state index contributed by atoms with van der Waals surface area (Å²) >= 11 is 0. The van der Waals surface area contributed by atoms with Crippen molar-refractivity contribution < 1.29 is 68.6 Å². The van der Waals surface area contributed by atoms with Crippen LogP contribution in [0.3, 0.4) is 0 Å². The Bertz CT molecular complexity index is 2430. The van der Waals surface area contributed by atoms with E-state index < -0.39 is 96.9 Å². The number of carboxylic acid groups (broad SMARTS) is 1. The predicted molar refractivity (Wildman–Crippen MR) is 163 cm³/mol. The molecule has 0 atom stereocenters. The van der Waals surface area contributed by atoms with Gasteiger partial charge in [-0.15, -0.1) is 5.11 Å². The number of aromatic carboxylic acids is 1. The smallest absolute Gasteiger partial charge is 0.339 e. The molecule has 48 heavy (non-hydrogen) atoms. The highest BCUT2D eigenvalue weighted by Crippen LogP contribution is 2.45. The van der Waals surface area contributed by atoms with Crippen molar-refractivity contribution in [1.82, 2.24) is 0 Å². The number of benzene rings is 4. The van der Waals surface area contributed by atoms with Gasteiger partial charge >= 0.3 is 5.97 Å². The first-order valence-corrected chi connectivity index (χ1v) is 16.9. The molecule has 0 aliphatic carbocycles. The maximum atomic E-state index is 12.9. The summed E-state index contributed by atoms with van der Waals surface area (Å²) in [4.78, 5) is 33.1. The van der Waals surface area contributed by atoms with Crippen LogP contribution in [-0.2, 0) is 35.1 Å². The second-order valence-electron chi connectivity index (χ2n) is 9.63. The number of amides is 2. The minimum atomic E-state index is -5.22. The Morgan fingerprint density at radius 2 is 1.38 bits per heavy atom. The first kappa shape index (κ1) is 35.3. The number of hydrogen-bond acceptors (Lipinski definition) is 13. The fraction of sp³-hybridized carbons (Fsp3) is 0.0385. The average Bonchev–Trinajstić information content (AvgIpc) is 2.95. The van der Waals surface area contributed by atoms with E-state index in [1.165, 1.54) is 18.2 Å². The summed E-state index contributed by atoms with van der Waals surface area (Å²) in [6.07, 6.45) is 0. The van der Waals surface area contributed by atoms with Gasteiger partial charge in [-0.1, -0.05) is 6.07 Å². The van der Waals surface area contributed by atoms with Gasteiger partial charge in [0.2, 0.25) is 5.91 Å². The van der Waals surface area contributed by atoms with Crippen molar-refractivity contribution in [2.24, 2.45) is 10.2 Å². The van der Waals surface area contributed by atoms with E-state index in [1.54, 1.807) is 0 Å². The summed E-state index contributed by atoms with van der Waals surface area (Å²) in [5.41, 5.74) is -3.16. The number of carbonyl (C=O) groups excluding carboxylic acids is 2. The molecule has 0 saturated carbocycles. The number of azo groups is 1. The van der Waals surface area contributed by atoms with Crippen molar-refractivity contribution >= 4 is 81.7 Å². The van der Waals surface area contributed by atoms with Crippen LogP contribution in [0, 0.1) is 0 Å². The lowest BCUT2D eigenvalue weighted by Gasteiger charge is -2.14. The number of hydrogen-bond donors (Lipinski definition) is 8. The van der Waals surface area contributed by atoms with Crippen LogP contribution >= 0.6 is 0 Å². The van der Waals surface area contributed by atoms with Gasteiger partial charge in [-0.05, 0) is 53.9 Å². The van der Waals surface area contributed by atoms with Crippen molar-refractivity contribution in [3.63, 3.8) is 0 Å². The molecule has 0 fully saturated rings. The zero-order valence-electron chi connectivity index (χ0n) is 23.7. The van der Waals surface area contributed by atoms with E-state index in [2.05, 4.69) is 20.9 Å². The number of phenolic OH excluding ortho intramolecular Hbond substituents is 1. The number of anilines is 2. The normalized spacial score (nSPS) is 12.2. The van der Waals surface area contributed by atoms with E-state index in [0.717, 1.165) is 25.1 Å². The highest BCUT2D eigenvalue weighted by atomic mass is 32.2. The Morgan fingerprint density at radius 3 is 1.94 bits per heavy atom. The summed E-state index contributed by atoms with van der Waals surface area (Å²) in [5, 5.41) is 41.4. The number of fused-ring (bicyclic) bond motifs is 1. The first-order chi connectivity index (χ1) is 22.1. The number of rotatable bonds is 9. The average molecular weight is 725 g/mol. The number of nitrogens with zero attached hydrogens (tertiary/aromatic N) is 2. The third kappa shape index (κ3) is 7.54. The van der Waals surface area contributed by atoms with Crippen LogP contribution in [0.5, 0.6) is 11.5 Å². The standard InChI is InChI=1S/C26H20N4O15S3/c1-11(31)27-18-10-16(46(37,38)39)6-13-7-19(47(40,41)42)22(24(33)21(13)18)30-29-14-4-2-3-12(5-14)25(34)28-15-8-17(26(35)36)23(32)20(9-15)48(43,44)45/h2-10,32-33H,1H3,(H,27,31)(H,28,34)(H,35,36)(H,37,38,39)(H,40,41,42)(H,43,44,45). The van der Waals surface area contributed by atoms with Crippen LogP contribution in [-0.4, -0.2) is 72.0 Å². The lowest BCUT2D eigenvalue weighted by molar-refractivity contribution is -0.114. The minimum Gasteiger partial charge on any atom is -0.506 e. The van der Waals surface area contributed by atoms with Gasteiger partial charge in [-0.25, -0.2) is 4.79 Å². The molecule has 0 radical (unpaired) electrons. The summed E-state index contributed by atoms with van der Waals surface area (Å²) < 4.78 is 100.0. The molecule has 0 spiro atoms. The maximum Gasteiger partial charge on any atom is 0.339 e. The molecule has 0 aliphatic heterocycles. The second-order valence-corrected chi connectivity index (χ2v) is 13.8. The Labute approximate surface area is 269 Å². The monoisotopic (exact) mass is 724 g/mol. The highest BCUT2D eigenvalue weighted by molar-refractivity contribution is 7.86. The number of nitrogens with one attached hydrogen (secondary N) is 2. The fourth-order valence-corrected chi connectivity index (χ4v) is 6.08. The summed E-state index contributed by atoms with van der Waals surface area (Å²) in [6.45, 7) is 1.03. The van der Waals surface area contributed by atoms with Crippen LogP contribution in [0.4, 0.5) is 22.7 Å². The molecule has 0 unspecified atom stereocenters. The van der Waals surface area contributed by atoms with Crippen molar-refractivity contribution in [2.75, 3.05) is 10.6 Å². The molecule has 2 amide bonds. The molecule has 4 aromatic rings. The van der Waals surface area contributed by atoms with E-state index in [4.69, 9.17) is 0 Å². The Morgan fingerprint density at radius 1 is 0.729 bits per heavy atom. The molecule has 4 rings (SSSR count). The third-order valence-electron chi connectivity index (χ3n) is 6.22. The molecule has 252 valence electrons. The zero-order valence-corrected chi connectivity index (χ0v) is 26.1. The van der Waals surface area contributed by atoms with E-state index in [9.17, 15) is 68.6 Å². The van der Waals surface area contributed by atoms with Gasteiger partial charge in [0.1, 0.15) is 21.0 Å². The number of phenols is 2. The van der Waals surface area contributed by atoms with Crippen LogP contribution < -0.4 is 10.6 Å². The Kier molecular flexibility index (Phi) is 9.27. The van der Waals surface area contributed by atoms with Gasteiger partial charge in [0.25, 0.3) is 36.3 Å². The van der Waals surface area contributed by atoms with Crippen LogP contribution in [0.15, 0.2) is 79.5 Å². The molecular formula is C26H20N4O15S3. The summed E-state index contributed by atoms with van der Waals surface area (Å²) in [5.74, 6) is -5.85. The largest absolute Gasteiger partial charge is 0.506 e. The first-order valence-electron chi connectivity index (χ1n) is 12.5. The van der Waals surface area contributed by atoms with Gasteiger partial charge < -0.3 is 26.0 Å². The molecule has 0 saturated heterocycles. The van der Waals surface area contributed by atoms with Gasteiger partial charge in [-0.3, -0.25) is 23.2 Å². The highest BCUT2D eigenvalue weighted by Gasteiger charge is 2.26. The van der Waals surface area contributed by atoms with Gasteiger partial charge in [0.15, 0.2) is 11.5 Å². The van der Waals surface area contributed by atoms with E-state index in [-0.39, 0.29) is 22.0 Å². The zero-order chi connectivity index (χ0) is 35.9. The van der Waals surface area contributed by atoms with Gasteiger partial charge in [-0.2, -0.15) is 30.4 Å². The Hall–Kier alpha value is -5.52. The fourth-order valence-electron chi connectivity index (χ4n) is 4.25. The molecule has 8 N–H and O–H groups in total. The molecule has 0 heterocycles. The van der Waals surface area contributed by atoms with E-state index in [0.29, 0.717) is 18.2 Å². The van der Waals surface area contributed by atoms with E-state index >= 15 is 0 Å². The molecule has 0 aromatic heterocycles. The molecular weight excluding hydrogens is 705 g/mol. The third-order valence-corrected chi connectivity index (χ3v) is 8.79. The molecule has 0 bridgehead atoms. The lowest BCUT2D eigenvalue weighted by Crippen LogP contribution is -2.13. The molecule has 0 aliphatic rings. The SMILES string of the molecule is CC(=O)Nc1cc(S(=O)(=O)O)cc2cc(S(=O)(=O)O)c(N=Nc3cccc(C(=O)Nc4cc(C(=O)O)c(O)c(S(=O)(=O)O)c4)c3)c(O)c12. The number of carboxylic acids is 1. The lowest BCUT2D eigenvalue weighted by atomic mass is 10.1.